The molecule has 1 aromatic carbocycles. The van der Waals surface area contributed by atoms with Crippen molar-refractivity contribution in [2.45, 2.75) is 5.75 Å². The van der Waals surface area contributed by atoms with E-state index in [0.717, 1.165) is 5.56 Å². The molecular weight excluding hydrogens is 188 g/mol. The first kappa shape index (κ1) is 9.92. The minimum atomic E-state index is -0.955. The molecule has 0 saturated heterocycles. The molecule has 0 heterocycles. The summed E-state index contributed by atoms with van der Waals surface area (Å²) in [7, 11) is -0.931. The molecule has 0 saturated carbocycles. The molecule has 13 heavy (non-hydrogen) atoms. The van der Waals surface area contributed by atoms with Gasteiger partial charge in [-0.1, -0.05) is 12.1 Å². The third kappa shape index (κ3) is 2.99. The van der Waals surface area contributed by atoms with Crippen molar-refractivity contribution in [2.24, 2.45) is 0 Å². The van der Waals surface area contributed by atoms with Gasteiger partial charge in [0.25, 0.3) is 0 Å². The van der Waals surface area contributed by atoms with E-state index in [9.17, 15) is 9.00 Å². The number of benzene rings is 1. The van der Waals surface area contributed by atoms with Crippen LogP contribution in [0.25, 0.3) is 0 Å². The Balaban J connectivity index is 2.91. The summed E-state index contributed by atoms with van der Waals surface area (Å²) in [5.41, 5.74) is 1.03. The topological polar surface area (TPSA) is 54.4 Å². The van der Waals surface area contributed by atoms with Gasteiger partial charge >= 0.3 is 5.97 Å². The van der Waals surface area contributed by atoms with E-state index in [4.69, 9.17) is 5.11 Å². The van der Waals surface area contributed by atoms with E-state index in [-0.39, 0.29) is 5.56 Å². The molecule has 4 heteroatoms. The van der Waals surface area contributed by atoms with Crippen LogP contribution in [0.5, 0.6) is 0 Å². The molecule has 0 amide bonds. The maximum absolute atomic E-state index is 10.9. The first-order chi connectivity index (χ1) is 6.09. The fourth-order valence-electron chi connectivity index (χ4n) is 1.03. The number of rotatable bonds is 3. The van der Waals surface area contributed by atoms with Crippen molar-refractivity contribution in [3.05, 3.63) is 35.4 Å². The van der Waals surface area contributed by atoms with E-state index in [1.807, 2.05) is 0 Å². The van der Waals surface area contributed by atoms with E-state index >= 15 is 0 Å². The van der Waals surface area contributed by atoms with Gasteiger partial charge in [-0.25, -0.2) is 4.79 Å². The summed E-state index contributed by atoms with van der Waals surface area (Å²) in [5, 5.41) is 8.67. The molecular formula is C9H10O3S. The first-order valence-electron chi connectivity index (χ1n) is 3.72. The van der Waals surface area contributed by atoms with Gasteiger partial charge in [-0.05, 0) is 17.7 Å². The van der Waals surface area contributed by atoms with Gasteiger partial charge in [-0.2, -0.15) is 0 Å². The van der Waals surface area contributed by atoms with Gasteiger partial charge in [0.15, 0.2) is 0 Å². The van der Waals surface area contributed by atoms with Crippen LogP contribution in [-0.4, -0.2) is 21.5 Å². The molecule has 0 bridgehead atoms. The zero-order chi connectivity index (χ0) is 9.84. The van der Waals surface area contributed by atoms with E-state index in [1.165, 1.54) is 6.07 Å². The monoisotopic (exact) mass is 198 g/mol. The lowest BCUT2D eigenvalue weighted by Gasteiger charge is -1.99. The molecule has 0 aliphatic heterocycles. The molecule has 1 N–H and O–H groups in total. The predicted molar refractivity (Wildman–Crippen MR) is 51.2 cm³/mol. The van der Waals surface area contributed by atoms with Crippen molar-refractivity contribution >= 4 is 16.8 Å². The van der Waals surface area contributed by atoms with Crippen molar-refractivity contribution in [3.8, 4) is 0 Å². The predicted octanol–water partition coefficient (Wildman–Crippen LogP) is 1.26. The number of aromatic carboxylic acids is 1. The van der Waals surface area contributed by atoms with Crippen molar-refractivity contribution in [1.29, 1.82) is 0 Å². The summed E-state index contributed by atoms with van der Waals surface area (Å²) >= 11 is 0. The SMILES string of the molecule is CS(=O)Cc1cccc(C(=O)O)c1. The van der Waals surface area contributed by atoms with E-state index < -0.39 is 16.8 Å². The Kier molecular flexibility index (Phi) is 3.19. The Bertz CT molecular complexity index is 346. The van der Waals surface area contributed by atoms with Crippen LogP contribution in [0.4, 0.5) is 0 Å². The molecule has 0 aliphatic carbocycles. The molecule has 1 rings (SSSR count). The molecule has 1 unspecified atom stereocenters. The highest BCUT2D eigenvalue weighted by molar-refractivity contribution is 7.83. The largest absolute Gasteiger partial charge is 0.478 e. The van der Waals surface area contributed by atoms with Crippen LogP contribution in [0.1, 0.15) is 15.9 Å². The highest BCUT2D eigenvalue weighted by Gasteiger charge is 2.03. The molecule has 0 aliphatic rings. The number of carboxylic acid groups (broad SMARTS) is 1. The number of hydrogen-bond acceptors (Lipinski definition) is 2. The number of carboxylic acids is 1. The van der Waals surface area contributed by atoms with Gasteiger partial charge in [0, 0.05) is 22.8 Å². The summed E-state index contributed by atoms with van der Waals surface area (Å²) < 4.78 is 10.9. The summed E-state index contributed by atoms with van der Waals surface area (Å²) in [6, 6.07) is 6.49. The maximum Gasteiger partial charge on any atom is 0.335 e. The van der Waals surface area contributed by atoms with Gasteiger partial charge < -0.3 is 5.11 Å². The minimum absolute atomic E-state index is 0.239. The van der Waals surface area contributed by atoms with E-state index in [1.54, 1.807) is 24.5 Å². The van der Waals surface area contributed by atoms with Crippen molar-refractivity contribution in [1.82, 2.24) is 0 Å². The molecule has 0 aromatic heterocycles. The van der Waals surface area contributed by atoms with Gasteiger partial charge in [0.2, 0.25) is 0 Å². The third-order valence-electron chi connectivity index (χ3n) is 1.54. The van der Waals surface area contributed by atoms with Gasteiger partial charge in [-0.3, -0.25) is 4.21 Å². The smallest absolute Gasteiger partial charge is 0.335 e. The van der Waals surface area contributed by atoms with Gasteiger partial charge in [-0.15, -0.1) is 0 Å². The van der Waals surface area contributed by atoms with Gasteiger partial charge in [0.05, 0.1) is 5.56 Å². The van der Waals surface area contributed by atoms with Crippen molar-refractivity contribution < 1.29 is 14.1 Å². The number of hydrogen-bond donors (Lipinski definition) is 1. The van der Waals surface area contributed by atoms with Crippen LogP contribution in [0.15, 0.2) is 24.3 Å². The van der Waals surface area contributed by atoms with Crippen LogP contribution in [0.3, 0.4) is 0 Å². The Morgan fingerprint density at radius 3 is 2.77 bits per heavy atom. The molecule has 70 valence electrons. The molecule has 1 atom stereocenters. The second-order valence-electron chi connectivity index (χ2n) is 2.72. The van der Waals surface area contributed by atoms with Crippen LogP contribution in [0, 0.1) is 0 Å². The van der Waals surface area contributed by atoms with Crippen molar-refractivity contribution in [3.63, 3.8) is 0 Å². The highest BCUT2D eigenvalue weighted by atomic mass is 32.2. The standard InChI is InChI=1S/C9H10O3S/c1-13(12)6-7-3-2-4-8(5-7)9(10)11/h2-5H,6H2,1H3,(H,10,11). The molecule has 1 aromatic rings. The molecule has 0 fully saturated rings. The van der Waals surface area contributed by atoms with E-state index in [0.29, 0.717) is 5.75 Å². The maximum atomic E-state index is 10.9. The number of carbonyl (C=O) groups is 1. The molecule has 0 spiro atoms. The zero-order valence-electron chi connectivity index (χ0n) is 7.19. The van der Waals surface area contributed by atoms with Crippen LogP contribution >= 0.6 is 0 Å². The fraction of sp³-hybridized carbons (Fsp3) is 0.222. The molecule has 3 nitrogen and oxygen atoms in total. The van der Waals surface area contributed by atoms with Crippen molar-refractivity contribution in [2.75, 3.05) is 6.26 Å². The summed E-state index contributed by atoms with van der Waals surface area (Å²) in [6.45, 7) is 0. The van der Waals surface area contributed by atoms with Crippen LogP contribution in [0.2, 0.25) is 0 Å². The molecule has 0 radical (unpaired) electrons. The van der Waals surface area contributed by atoms with Crippen LogP contribution < -0.4 is 0 Å². The van der Waals surface area contributed by atoms with Gasteiger partial charge in [0.1, 0.15) is 0 Å². The summed E-state index contributed by atoms with van der Waals surface area (Å²) in [4.78, 5) is 10.6. The minimum Gasteiger partial charge on any atom is -0.478 e. The second-order valence-corrected chi connectivity index (χ2v) is 4.16. The Morgan fingerprint density at radius 1 is 1.54 bits per heavy atom. The van der Waals surface area contributed by atoms with E-state index in [2.05, 4.69) is 0 Å². The normalized spacial score (nSPS) is 12.4. The van der Waals surface area contributed by atoms with Crippen LogP contribution in [-0.2, 0) is 16.6 Å². The lowest BCUT2D eigenvalue weighted by atomic mass is 10.1. The fourth-order valence-corrected chi connectivity index (χ4v) is 1.68. The average Bonchev–Trinajstić information content (AvgIpc) is 2.03. The summed E-state index contributed by atoms with van der Waals surface area (Å²) in [6.07, 6.45) is 1.59. The summed E-state index contributed by atoms with van der Waals surface area (Å²) in [5.74, 6) is -0.551. The second kappa shape index (κ2) is 4.18. The Labute approximate surface area is 78.9 Å². The lowest BCUT2D eigenvalue weighted by molar-refractivity contribution is 0.0697. The average molecular weight is 198 g/mol. The lowest BCUT2D eigenvalue weighted by Crippen LogP contribution is -1.98. The Hall–Kier alpha value is -1.16. The Morgan fingerprint density at radius 2 is 2.23 bits per heavy atom. The first-order valence-corrected chi connectivity index (χ1v) is 5.44. The quantitative estimate of drug-likeness (QED) is 0.795. The zero-order valence-corrected chi connectivity index (χ0v) is 8.00. The highest BCUT2D eigenvalue weighted by Crippen LogP contribution is 2.06. The third-order valence-corrected chi connectivity index (χ3v) is 2.28.